The number of nitrogens with zero attached hydrogens (tertiary/aromatic N) is 2. The molecule has 1 amide bonds. The summed E-state index contributed by atoms with van der Waals surface area (Å²) < 4.78 is 0. The molecular formula is C10H20N2O2. The number of hydrogen-bond acceptors (Lipinski definition) is 3. The van der Waals surface area contributed by atoms with Gasteiger partial charge in [-0.25, -0.2) is 0 Å². The zero-order valence-corrected chi connectivity index (χ0v) is 9.23. The van der Waals surface area contributed by atoms with Gasteiger partial charge in [0.15, 0.2) is 0 Å². The normalized spacial score (nSPS) is 25.0. The molecular weight excluding hydrogens is 180 g/mol. The molecule has 2 atom stereocenters. The van der Waals surface area contributed by atoms with Gasteiger partial charge in [0.1, 0.15) is 6.10 Å². The van der Waals surface area contributed by atoms with Crippen molar-refractivity contribution >= 4 is 5.91 Å². The average Bonchev–Trinajstić information content (AvgIpc) is 2.49. The lowest BCUT2D eigenvalue weighted by Gasteiger charge is -2.22. The summed E-state index contributed by atoms with van der Waals surface area (Å²) in [7, 11) is 3.85. The van der Waals surface area contributed by atoms with Gasteiger partial charge in [-0.3, -0.25) is 4.79 Å². The summed E-state index contributed by atoms with van der Waals surface area (Å²) in [6, 6.07) is 0. The van der Waals surface area contributed by atoms with Crippen LogP contribution in [-0.4, -0.2) is 60.6 Å². The minimum atomic E-state index is -0.876. The second kappa shape index (κ2) is 4.75. The number of carbonyl (C=O) groups excluding carboxylic acids is 1. The Labute approximate surface area is 85.5 Å². The molecule has 1 saturated heterocycles. The number of aliphatic hydroxyl groups excluding tert-OH is 1. The van der Waals surface area contributed by atoms with Crippen molar-refractivity contribution in [1.29, 1.82) is 0 Å². The Bertz CT molecular complexity index is 206. The Kier molecular flexibility index (Phi) is 3.89. The van der Waals surface area contributed by atoms with Crippen molar-refractivity contribution < 1.29 is 9.90 Å². The lowest BCUT2D eigenvalue weighted by atomic mass is 10.1. The van der Waals surface area contributed by atoms with Crippen LogP contribution in [-0.2, 0) is 4.79 Å². The maximum absolute atomic E-state index is 11.4. The molecule has 1 aliphatic rings. The molecule has 1 fully saturated rings. The number of amides is 1. The van der Waals surface area contributed by atoms with Gasteiger partial charge in [-0.1, -0.05) is 0 Å². The predicted molar refractivity (Wildman–Crippen MR) is 54.9 cm³/mol. The van der Waals surface area contributed by atoms with Gasteiger partial charge in [0.2, 0.25) is 0 Å². The van der Waals surface area contributed by atoms with E-state index in [1.165, 1.54) is 6.92 Å². The van der Waals surface area contributed by atoms with E-state index in [9.17, 15) is 4.79 Å². The maximum atomic E-state index is 11.4. The fourth-order valence-corrected chi connectivity index (χ4v) is 1.97. The highest BCUT2D eigenvalue weighted by Gasteiger charge is 2.23. The van der Waals surface area contributed by atoms with Gasteiger partial charge in [-0.15, -0.1) is 0 Å². The number of hydrogen-bond donors (Lipinski definition) is 1. The minimum Gasteiger partial charge on any atom is -0.384 e. The fraction of sp³-hybridized carbons (Fsp3) is 0.900. The lowest BCUT2D eigenvalue weighted by Crippen LogP contribution is -2.38. The molecule has 0 aliphatic carbocycles. The summed E-state index contributed by atoms with van der Waals surface area (Å²) in [6.45, 7) is 4.44. The van der Waals surface area contributed by atoms with E-state index in [0.29, 0.717) is 5.92 Å². The fourth-order valence-electron chi connectivity index (χ4n) is 1.97. The number of likely N-dealkylation sites (N-methyl/N-ethyl adjacent to an activating group) is 1. The predicted octanol–water partition coefficient (Wildman–Crippen LogP) is -0.223. The smallest absolute Gasteiger partial charge is 0.250 e. The first-order valence-electron chi connectivity index (χ1n) is 5.12. The zero-order chi connectivity index (χ0) is 10.7. The molecule has 0 aromatic rings. The van der Waals surface area contributed by atoms with Crippen molar-refractivity contribution in [2.75, 3.05) is 33.7 Å². The Balaban J connectivity index is 2.33. The van der Waals surface area contributed by atoms with Crippen LogP contribution in [0.5, 0.6) is 0 Å². The molecule has 0 radical (unpaired) electrons. The summed E-state index contributed by atoms with van der Waals surface area (Å²) in [5.41, 5.74) is 0. The van der Waals surface area contributed by atoms with Crippen LogP contribution >= 0.6 is 0 Å². The summed E-state index contributed by atoms with van der Waals surface area (Å²) in [6.07, 6.45) is 0.271. The molecule has 1 aliphatic heterocycles. The van der Waals surface area contributed by atoms with E-state index in [-0.39, 0.29) is 5.91 Å². The van der Waals surface area contributed by atoms with Crippen LogP contribution in [0.3, 0.4) is 0 Å². The standard InChI is InChI=1S/C10H20N2O2/c1-8(13)10(14)12(3)7-9-4-5-11(2)6-9/h8-9,13H,4-7H2,1-3H3. The van der Waals surface area contributed by atoms with Crippen LogP contribution < -0.4 is 0 Å². The molecule has 4 heteroatoms. The van der Waals surface area contributed by atoms with Gasteiger partial charge in [0, 0.05) is 20.1 Å². The molecule has 0 spiro atoms. The van der Waals surface area contributed by atoms with Crippen molar-refractivity contribution in [2.24, 2.45) is 5.92 Å². The first kappa shape index (κ1) is 11.5. The van der Waals surface area contributed by atoms with Crippen LogP contribution in [0.4, 0.5) is 0 Å². The van der Waals surface area contributed by atoms with Crippen molar-refractivity contribution in [2.45, 2.75) is 19.4 Å². The highest BCUT2D eigenvalue weighted by atomic mass is 16.3. The van der Waals surface area contributed by atoms with Crippen LogP contribution in [0.25, 0.3) is 0 Å². The van der Waals surface area contributed by atoms with Crippen LogP contribution in [0.1, 0.15) is 13.3 Å². The molecule has 1 N–H and O–H groups in total. The van der Waals surface area contributed by atoms with Gasteiger partial charge in [-0.2, -0.15) is 0 Å². The van der Waals surface area contributed by atoms with E-state index in [0.717, 1.165) is 26.1 Å². The zero-order valence-electron chi connectivity index (χ0n) is 9.23. The maximum Gasteiger partial charge on any atom is 0.250 e. The van der Waals surface area contributed by atoms with E-state index >= 15 is 0 Å². The third kappa shape index (κ3) is 2.96. The van der Waals surface area contributed by atoms with Crippen molar-refractivity contribution in [3.05, 3.63) is 0 Å². The second-order valence-corrected chi connectivity index (χ2v) is 4.31. The van der Waals surface area contributed by atoms with E-state index in [1.54, 1.807) is 11.9 Å². The minimum absolute atomic E-state index is 0.181. The first-order valence-corrected chi connectivity index (χ1v) is 5.12. The third-order valence-electron chi connectivity index (χ3n) is 2.75. The van der Waals surface area contributed by atoms with Crippen LogP contribution in [0, 0.1) is 5.92 Å². The number of rotatable bonds is 3. The Morgan fingerprint density at radius 2 is 2.36 bits per heavy atom. The monoisotopic (exact) mass is 200 g/mol. The van der Waals surface area contributed by atoms with E-state index in [2.05, 4.69) is 11.9 Å². The number of likely N-dealkylation sites (tertiary alicyclic amines) is 1. The van der Waals surface area contributed by atoms with E-state index < -0.39 is 6.10 Å². The Hall–Kier alpha value is -0.610. The molecule has 4 nitrogen and oxygen atoms in total. The number of carbonyl (C=O) groups is 1. The lowest BCUT2D eigenvalue weighted by molar-refractivity contribution is -0.138. The quantitative estimate of drug-likeness (QED) is 0.685. The van der Waals surface area contributed by atoms with E-state index in [4.69, 9.17) is 5.11 Å². The molecule has 1 heterocycles. The summed E-state index contributed by atoms with van der Waals surface area (Å²) in [5.74, 6) is 0.382. The first-order chi connectivity index (χ1) is 6.50. The number of aliphatic hydroxyl groups is 1. The summed E-state index contributed by atoms with van der Waals surface area (Å²) >= 11 is 0. The molecule has 14 heavy (non-hydrogen) atoms. The highest BCUT2D eigenvalue weighted by molar-refractivity contribution is 5.79. The van der Waals surface area contributed by atoms with Gasteiger partial charge in [-0.05, 0) is 32.9 Å². The highest BCUT2D eigenvalue weighted by Crippen LogP contribution is 2.15. The Morgan fingerprint density at radius 3 is 2.79 bits per heavy atom. The molecule has 0 saturated carbocycles. The van der Waals surface area contributed by atoms with E-state index in [1.807, 2.05) is 0 Å². The van der Waals surface area contributed by atoms with Crippen molar-refractivity contribution in [3.63, 3.8) is 0 Å². The largest absolute Gasteiger partial charge is 0.384 e. The van der Waals surface area contributed by atoms with Gasteiger partial charge < -0.3 is 14.9 Å². The van der Waals surface area contributed by atoms with Gasteiger partial charge in [0.05, 0.1) is 0 Å². The summed E-state index contributed by atoms with van der Waals surface area (Å²) in [4.78, 5) is 15.3. The average molecular weight is 200 g/mol. The van der Waals surface area contributed by atoms with Gasteiger partial charge >= 0.3 is 0 Å². The SMILES string of the molecule is CC(O)C(=O)N(C)CC1CCN(C)C1. The third-order valence-corrected chi connectivity index (χ3v) is 2.75. The van der Waals surface area contributed by atoms with Crippen molar-refractivity contribution in [1.82, 2.24) is 9.80 Å². The summed E-state index contributed by atoms with van der Waals surface area (Å²) in [5, 5.41) is 9.12. The molecule has 0 aromatic heterocycles. The molecule has 2 unspecified atom stereocenters. The van der Waals surface area contributed by atoms with Gasteiger partial charge in [0.25, 0.3) is 5.91 Å². The molecule has 1 rings (SSSR count). The molecule has 0 bridgehead atoms. The molecule has 82 valence electrons. The molecule has 0 aromatic carbocycles. The Morgan fingerprint density at radius 1 is 1.71 bits per heavy atom. The topological polar surface area (TPSA) is 43.8 Å². The van der Waals surface area contributed by atoms with Crippen molar-refractivity contribution in [3.8, 4) is 0 Å². The van der Waals surface area contributed by atoms with Crippen LogP contribution in [0.2, 0.25) is 0 Å². The second-order valence-electron chi connectivity index (χ2n) is 4.31. The van der Waals surface area contributed by atoms with Crippen LogP contribution in [0.15, 0.2) is 0 Å².